The van der Waals surface area contributed by atoms with Gasteiger partial charge in [-0.15, -0.1) is 0 Å². The van der Waals surface area contributed by atoms with E-state index in [0.29, 0.717) is 5.23 Å². The SMILES string of the molecule is CCC(C)(CC)ON([O-])C(C)C. The van der Waals surface area contributed by atoms with Gasteiger partial charge in [0.25, 0.3) is 0 Å². The summed E-state index contributed by atoms with van der Waals surface area (Å²) in [6.45, 7) is 9.65. The molecule has 0 heterocycles. The first-order chi connectivity index (χ1) is 5.45. The first-order valence-electron chi connectivity index (χ1n) is 4.60. The number of hydrogen-bond donors (Lipinski definition) is 0. The normalized spacial score (nSPS) is 13.0. The number of hydroxylamine groups is 2. The lowest BCUT2D eigenvalue weighted by Gasteiger charge is -2.40. The van der Waals surface area contributed by atoms with Gasteiger partial charge in [0, 0.05) is 6.04 Å². The predicted octanol–water partition coefficient (Wildman–Crippen LogP) is 2.70. The molecular formula is C9H20NO2-. The van der Waals surface area contributed by atoms with E-state index in [4.69, 9.17) is 4.84 Å². The van der Waals surface area contributed by atoms with Crippen molar-refractivity contribution in [1.29, 1.82) is 0 Å². The van der Waals surface area contributed by atoms with E-state index in [1.54, 1.807) is 0 Å². The van der Waals surface area contributed by atoms with Crippen molar-refractivity contribution < 1.29 is 4.84 Å². The molecule has 0 spiro atoms. The Balaban J connectivity index is 4.02. The van der Waals surface area contributed by atoms with Crippen LogP contribution in [0.1, 0.15) is 47.5 Å². The van der Waals surface area contributed by atoms with Crippen LogP contribution in [0.25, 0.3) is 0 Å². The average molecular weight is 174 g/mol. The highest BCUT2D eigenvalue weighted by Crippen LogP contribution is 2.21. The van der Waals surface area contributed by atoms with Crippen molar-refractivity contribution in [1.82, 2.24) is 5.23 Å². The van der Waals surface area contributed by atoms with E-state index in [-0.39, 0.29) is 11.6 Å². The van der Waals surface area contributed by atoms with Crippen LogP contribution >= 0.6 is 0 Å². The molecule has 0 fully saturated rings. The molecule has 0 saturated heterocycles. The van der Waals surface area contributed by atoms with Crippen LogP contribution < -0.4 is 0 Å². The Kier molecular flexibility index (Phi) is 4.75. The topological polar surface area (TPSA) is 35.5 Å². The molecule has 0 amide bonds. The zero-order valence-electron chi connectivity index (χ0n) is 8.76. The lowest BCUT2D eigenvalue weighted by molar-refractivity contribution is -0.229. The highest BCUT2D eigenvalue weighted by molar-refractivity contribution is 4.70. The van der Waals surface area contributed by atoms with Gasteiger partial charge in [-0.2, -0.15) is 0 Å². The zero-order chi connectivity index (χ0) is 9.78. The van der Waals surface area contributed by atoms with E-state index in [0.717, 1.165) is 12.8 Å². The summed E-state index contributed by atoms with van der Waals surface area (Å²) in [5.74, 6) is 0. The minimum Gasteiger partial charge on any atom is -0.762 e. The predicted molar refractivity (Wildman–Crippen MR) is 50.4 cm³/mol. The summed E-state index contributed by atoms with van der Waals surface area (Å²) >= 11 is 0. The van der Waals surface area contributed by atoms with Crippen molar-refractivity contribution in [2.45, 2.75) is 59.1 Å². The summed E-state index contributed by atoms with van der Waals surface area (Å²) in [5.41, 5.74) is -0.300. The van der Waals surface area contributed by atoms with Crippen LogP contribution in [0.3, 0.4) is 0 Å². The van der Waals surface area contributed by atoms with Crippen molar-refractivity contribution in [3.05, 3.63) is 5.21 Å². The molecule has 3 nitrogen and oxygen atoms in total. The highest BCUT2D eigenvalue weighted by Gasteiger charge is 2.21. The largest absolute Gasteiger partial charge is 0.762 e. The molecule has 0 aliphatic rings. The molecule has 12 heavy (non-hydrogen) atoms. The molecule has 0 aliphatic heterocycles. The Bertz CT molecular complexity index is 122. The van der Waals surface area contributed by atoms with Crippen LogP contribution in [0, 0.1) is 5.21 Å². The van der Waals surface area contributed by atoms with Gasteiger partial charge >= 0.3 is 0 Å². The first kappa shape index (κ1) is 11.9. The summed E-state index contributed by atoms with van der Waals surface area (Å²) in [5, 5.41) is 11.9. The smallest absolute Gasteiger partial charge is 0.0854 e. The lowest BCUT2D eigenvalue weighted by Crippen LogP contribution is -2.37. The van der Waals surface area contributed by atoms with E-state index < -0.39 is 0 Å². The lowest BCUT2D eigenvalue weighted by atomic mass is 10.0. The molecule has 0 unspecified atom stereocenters. The Labute approximate surface area is 75.2 Å². The van der Waals surface area contributed by atoms with Crippen molar-refractivity contribution >= 4 is 0 Å². The van der Waals surface area contributed by atoms with E-state index in [1.807, 2.05) is 34.6 Å². The molecule has 0 aromatic rings. The monoisotopic (exact) mass is 174 g/mol. The highest BCUT2D eigenvalue weighted by atomic mass is 16.9. The molecule has 0 rings (SSSR count). The van der Waals surface area contributed by atoms with E-state index in [1.165, 1.54) is 0 Å². The molecule has 0 radical (unpaired) electrons. The summed E-state index contributed by atoms with van der Waals surface area (Å²) in [6, 6.07) is -0.109. The minimum atomic E-state index is -0.300. The molecular weight excluding hydrogens is 154 g/mol. The van der Waals surface area contributed by atoms with E-state index in [2.05, 4.69) is 0 Å². The second kappa shape index (κ2) is 4.80. The molecule has 0 aromatic carbocycles. The molecule has 0 saturated carbocycles. The summed E-state index contributed by atoms with van der Waals surface area (Å²) in [6.07, 6.45) is 1.71. The van der Waals surface area contributed by atoms with Gasteiger partial charge in [-0.05, 0) is 33.6 Å². The van der Waals surface area contributed by atoms with Gasteiger partial charge in [-0.25, -0.2) is 0 Å². The van der Waals surface area contributed by atoms with Gasteiger partial charge in [-0.1, -0.05) is 13.8 Å². The zero-order valence-corrected chi connectivity index (χ0v) is 8.76. The molecule has 74 valence electrons. The van der Waals surface area contributed by atoms with Gasteiger partial charge in [0.05, 0.1) is 5.60 Å². The van der Waals surface area contributed by atoms with E-state index >= 15 is 0 Å². The third-order valence-corrected chi connectivity index (χ3v) is 2.23. The standard InChI is InChI=1S/C9H20NO2/c1-6-9(5,7-2)12-10(11)8(3)4/h8H,6-7H2,1-5H3/q-1. The van der Waals surface area contributed by atoms with Gasteiger partial charge in [0.2, 0.25) is 0 Å². The summed E-state index contributed by atoms with van der Waals surface area (Å²) < 4.78 is 0. The molecule has 3 heteroatoms. The van der Waals surface area contributed by atoms with Crippen LogP contribution in [0.4, 0.5) is 0 Å². The fourth-order valence-corrected chi connectivity index (χ4v) is 0.702. The quantitative estimate of drug-likeness (QED) is 0.601. The Morgan fingerprint density at radius 3 is 2.00 bits per heavy atom. The van der Waals surface area contributed by atoms with Gasteiger partial charge in [0.1, 0.15) is 0 Å². The van der Waals surface area contributed by atoms with Crippen LogP contribution in [-0.4, -0.2) is 16.9 Å². The molecule has 0 atom stereocenters. The third kappa shape index (κ3) is 3.52. The fourth-order valence-electron chi connectivity index (χ4n) is 0.702. The summed E-state index contributed by atoms with van der Waals surface area (Å²) in [4.78, 5) is 5.28. The number of rotatable bonds is 5. The Hall–Kier alpha value is -0.120. The maximum absolute atomic E-state index is 11.2. The second-order valence-corrected chi connectivity index (χ2v) is 3.63. The summed E-state index contributed by atoms with van der Waals surface area (Å²) in [7, 11) is 0. The number of hydrogen-bond acceptors (Lipinski definition) is 3. The van der Waals surface area contributed by atoms with Crippen molar-refractivity contribution in [2.75, 3.05) is 0 Å². The van der Waals surface area contributed by atoms with Crippen molar-refractivity contribution in [3.63, 3.8) is 0 Å². The van der Waals surface area contributed by atoms with E-state index in [9.17, 15) is 5.21 Å². The van der Waals surface area contributed by atoms with Crippen LogP contribution in [0.15, 0.2) is 0 Å². The van der Waals surface area contributed by atoms with Crippen molar-refractivity contribution in [2.24, 2.45) is 0 Å². The molecule has 0 aliphatic carbocycles. The third-order valence-electron chi connectivity index (χ3n) is 2.23. The molecule has 0 aromatic heterocycles. The minimum absolute atomic E-state index is 0.109. The molecule has 0 N–H and O–H groups in total. The van der Waals surface area contributed by atoms with Crippen molar-refractivity contribution in [3.8, 4) is 0 Å². The maximum atomic E-state index is 11.2. The first-order valence-corrected chi connectivity index (χ1v) is 4.60. The second-order valence-electron chi connectivity index (χ2n) is 3.63. The molecule has 0 bridgehead atoms. The van der Waals surface area contributed by atoms with Crippen LogP contribution in [0.2, 0.25) is 0 Å². The van der Waals surface area contributed by atoms with Gasteiger partial charge in [0.15, 0.2) is 0 Å². The maximum Gasteiger partial charge on any atom is 0.0854 e. The average Bonchev–Trinajstić information content (AvgIpc) is 2.04. The van der Waals surface area contributed by atoms with Gasteiger partial charge in [-0.3, -0.25) is 5.23 Å². The van der Waals surface area contributed by atoms with Crippen LogP contribution in [-0.2, 0) is 4.84 Å². The Morgan fingerprint density at radius 1 is 1.33 bits per heavy atom. The Morgan fingerprint density at radius 2 is 1.75 bits per heavy atom. The van der Waals surface area contributed by atoms with Crippen LogP contribution in [0.5, 0.6) is 0 Å². The van der Waals surface area contributed by atoms with Gasteiger partial charge < -0.3 is 10.0 Å². The number of nitrogens with zero attached hydrogens (tertiary/aromatic N) is 1. The fraction of sp³-hybridized carbons (Fsp3) is 1.00.